The van der Waals surface area contributed by atoms with Gasteiger partial charge in [-0.25, -0.2) is 0 Å². The number of halogens is 1. The van der Waals surface area contributed by atoms with Gasteiger partial charge in [0.1, 0.15) is 0 Å². The Kier molecular flexibility index (Phi) is 6.26. The van der Waals surface area contributed by atoms with E-state index < -0.39 is 0 Å². The zero-order valence-corrected chi connectivity index (χ0v) is 9.72. The molecule has 1 aliphatic carbocycles. The Hall–Kier alpha value is 0.913. The molecule has 2 heteroatoms. The predicted octanol–water partition coefficient (Wildman–Crippen LogP) is 2.95. The Morgan fingerprint density at radius 1 is 1.11 bits per heavy atom. The molecule has 0 aromatic carbocycles. The van der Waals surface area contributed by atoms with Crippen LogP contribution in [0.5, 0.6) is 0 Å². The molecule has 1 fully saturated rings. The minimum atomic E-state index is 0. The number of hydrogen-bond acceptors (Lipinski definition) is 0. The van der Waals surface area contributed by atoms with Gasteiger partial charge >= 0.3 is 61.3 Å². The van der Waals surface area contributed by atoms with Gasteiger partial charge in [0.25, 0.3) is 0 Å². The number of rotatable bonds is 1. The van der Waals surface area contributed by atoms with E-state index in [4.69, 9.17) is 0 Å². The summed E-state index contributed by atoms with van der Waals surface area (Å²) in [5.74, 6) is 1.14. The van der Waals surface area contributed by atoms with Crippen molar-refractivity contribution in [2.75, 3.05) is 0 Å². The van der Waals surface area contributed by atoms with Crippen LogP contribution >= 0.6 is 12.4 Å². The van der Waals surface area contributed by atoms with Crippen molar-refractivity contribution in [1.82, 2.24) is 0 Å². The topological polar surface area (TPSA) is 0 Å². The Morgan fingerprint density at radius 2 is 1.67 bits per heavy atom. The van der Waals surface area contributed by atoms with Crippen molar-refractivity contribution in [2.24, 2.45) is 5.92 Å². The van der Waals surface area contributed by atoms with E-state index in [9.17, 15) is 0 Å². The summed E-state index contributed by atoms with van der Waals surface area (Å²) >= 11 is 1.52. The second-order valence-corrected chi connectivity index (χ2v) is 4.00. The zero-order valence-electron chi connectivity index (χ0n) is 5.94. The maximum absolute atomic E-state index is 1.54. The van der Waals surface area contributed by atoms with Gasteiger partial charge in [-0.05, 0) is 0 Å². The third-order valence-corrected chi connectivity index (χ3v) is 3.85. The van der Waals surface area contributed by atoms with Crippen LogP contribution in [0.25, 0.3) is 0 Å². The van der Waals surface area contributed by atoms with Crippen LogP contribution in [0.15, 0.2) is 0 Å². The molecule has 0 amide bonds. The van der Waals surface area contributed by atoms with E-state index >= 15 is 0 Å². The second-order valence-electron chi connectivity index (χ2n) is 2.79. The molecule has 0 radical (unpaired) electrons. The summed E-state index contributed by atoms with van der Waals surface area (Å²) in [5.41, 5.74) is 0. The molecule has 0 nitrogen and oxygen atoms in total. The molecule has 0 N–H and O–H groups in total. The summed E-state index contributed by atoms with van der Waals surface area (Å²) in [4.78, 5) is 0. The fourth-order valence-corrected chi connectivity index (χ4v) is 2.69. The minimum absolute atomic E-state index is 0. The summed E-state index contributed by atoms with van der Waals surface area (Å²) in [6, 6.07) is 0. The standard InChI is InChI=1S/C7H13.ClH.Zn/c1-7-5-3-2-4-6-7;;/h7H,1-6H2;1H;. The molecule has 0 unspecified atom stereocenters. The fraction of sp³-hybridized carbons (Fsp3) is 1.00. The van der Waals surface area contributed by atoms with E-state index in [-0.39, 0.29) is 12.4 Å². The van der Waals surface area contributed by atoms with Crippen molar-refractivity contribution in [3.8, 4) is 0 Å². The van der Waals surface area contributed by atoms with Crippen LogP contribution in [-0.2, 0) is 18.3 Å². The second kappa shape index (κ2) is 5.68. The third kappa shape index (κ3) is 3.58. The molecule has 9 heavy (non-hydrogen) atoms. The van der Waals surface area contributed by atoms with Gasteiger partial charge in [-0.3, -0.25) is 0 Å². The summed E-state index contributed by atoms with van der Waals surface area (Å²) in [6.07, 6.45) is 7.63. The summed E-state index contributed by atoms with van der Waals surface area (Å²) in [6.45, 7) is 0. The van der Waals surface area contributed by atoms with Gasteiger partial charge in [0.2, 0.25) is 0 Å². The summed E-state index contributed by atoms with van der Waals surface area (Å²) in [7, 11) is 0. The SMILES string of the molecule is Cl.[Zn][CH2]C1CCCCC1. The zero-order chi connectivity index (χ0) is 5.82. The van der Waals surface area contributed by atoms with Gasteiger partial charge in [-0.1, -0.05) is 0 Å². The molecular weight excluding hydrogens is 185 g/mol. The molecule has 0 heterocycles. The van der Waals surface area contributed by atoms with Crippen LogP contribution in [0.2, 0.25) is 5.02 Å². The van der Waals surface area contributed by atoms with Gasteiger partial charge in [0.15, 0.2) is 0 Å². The fourth-order valence-electron chi connectivity index (χ4n) is 1.48. The molecule has 0 aromatic rings. The van der Waals surface area contributed by atoms with Gasteiger partial charge in [-0.15, -0.1) is 12.4 Å². The third-order valence-electron chi connectivity index (χ3n) is 2.13. The van der Waals surface area contributed by atoms with Crippen molar-refractivity contribution >= 4 is 12.4 Å². The van der Waals surface area contributed by atoms with Crippen molar-refractivity contribution in [3.05, 3.63) is 0 Å². The molecule has 1 rings (SSSR count). The van der Waals surface area contributed by atoms with Crippen LogP contribution in [0.4, 0.5) is 0 Å². The molecule has 1 saturated carbocycles. The first-order chi connectivity index (χ1) is 3.93. The Bertz CT molecular complexity index is 59.9. The van der Waals surface area contributed by atoms with Crippen LogP contribution in [-0.4, -0.2) is 0 Å². The summed E-state index contributed by atoms with van der Waals surface area (Å²) in [5, 5.41) is 1.54. The molecule has 0 aliphatic heterocycles. The van der Waals surface area contributed by atoms with Crippen molar-refractivity contribution in [3.63, 3.8) is 0 Å². The predicted molar refractivity (Wildman–Crippen MR) is 38.6 cm³/mol. The van der Waals surface area contributed by atoms with E-state index in [1.54, 1.807) is 17.9 Å². The summed E-state index contributed by atoms with van der Waals surface area (Å²) < 4.78 is 0. The van der Waals surface area contributed by atoms with E-state index in [2.05, 4.69) is 0 Å². The van der Waals surface area contributed by atoms with E-state index in [1.807, 2.05) is 0 Å². The first-order valence-electron chi connectivity index (χ1n) is 3.72. The first-order valence-corrected chi connectivity index (χ1v) is 5.82. The van der Waals surface area contributed by atoms with Crippen molar-refractivity contribution in [2.45, 2.75) is 37.1 Å². The molecule has 0 aromatic heterocycles. The maximum atomic E-state index is 1.54. The first kappa shape index (κ1) is 9.91. The number of hydrogen-bond donors (Lipinski definition) is 0. The molecule has 0 saturated heterocycles. The van der Waals surface area contributed by atoms with Gasteiger partial charge in [-0.2, -0.15) is 0 Å². The average molecular weight is 199 g/mol. The van der Waals surface area contributed by atoms with E-state index in [0.29, 0.717) is 0 Å². The monoisotopic (exact) mass is 197 g/mol. The van der Waals surface area contributed by atoms with Crippen molar-refractivity contribution in [1.29, 1.82) is 0 Å². The molecule has 0 spiro atoms. The quantitative estimate of drug-likeness (QED) is 0.569. The molecule has 1 aliphatic rings. The van der Waals surface area contributed by atoms with E-state index in [0.717, 1.165) is 5.92 Å². The van der Waals surface area contributed by atoms with Crippen LogP contribution in [0.3, 0.4) is 0 Å². The average Bonchev–Trinajstić information content (AvgIpc) is 1.90. The Morgan fingerprint density at radius 3 is 2.00 bits per heavy atom. The van der Waals surface area contributed by atoms with Crippen LogP contribution in [0, 0.1) is 5.92 Å². The Labute approximate surface area is 73.9 Å². The Balaban J connectivity index is 0.000000640. The van der Waals surface area contributed by atoms with E-state index in [1.165, 1.54) is 37.6 Å². The van der Waals surface area contributed by atoms with Crippen LogP contribution < -0.4 is 0 Å². The van der Waals surface area contributed by atoms with Crippen LogP contribution in [0.1, 0.15) is 32.1 Å². The molecule has 51 valence electrons. The van der Waals surface area contributed by atoms with Gasteiger partial charge in [0.05, 0.1) is 0 Å². The van der Waals surface area contributed by atoms with Crippen molar-refractivity contribution < 1.29 is 18.3 Å². The van der Waals surface area contributed by atoms with Gasteiger partial charge in [0, 0.05) is 0 Å². The molecule has 0 atom stereocenters. The normalized spacial score (nSPS) is 21.1. The molecular formula is C7H14ClZn. The van der Waals surface area contributed by atoms with Gasteiger partial charge < -0.3 is 0 Å². The molecule has 0 bridgehead atoms.